The Balaban J connectivity index is 1.71. The minimum absolute atomic E-state index is 0.708. The van der Waals surface area contributed by atoms with Crippen molar-refractivity contribution in [2.45, 2.75) is 0 Å². The molecule has 0 aliphatic carbocycles. The van der Waals surface area contributed by atoms with Gasteiger partial charge in [-0.05, 0) is 68.1 Å². The number of fused-ring (bicyclic) bond motifs is 5. The summed E-state index contributed by atoms with van der Waals surface area (Å²) in [6, 6.07) is 40.3. The minimum atomic E-state index is 0.708. The Kier molecular flexibility index (Phi) is 4.27. The fourth-order valence-corrected chi connectivity index (χ4v) is 5.51. The number of furan rings is 1. The van der Waals surface area contributed by atoms with E-state index in [1.165, 1.54) is 38.2 Å². The molecule has 6 aromatic carbocycles. The molecule has 1 heterocycles. The summed E-state index contributed by atoms with van der Waals surface area (Å²) in [7, 11) is 0. The summed E-state index contributed by atoms with van der Waals surface area (Å²) in [5, 5.41) is 7.78. The molecule has 0 unspecified atom stereocenters. The largest absolute Gasteiger partial charge is 0.456 e. The van der Waals surface area contributed by atoms with Gasteiger partial charge in [-0.3, -0.25) is 0 Å². The van der Waals surface area contributed by atoms with Crippen molar-refractivity contribution in [1.82, 2.24) is 0 Å². The second kappa shape index (κ2) is 7.48. The van der Waals surface area contributed by atoms with Gasteiger partial charge < -0.3 is 4.42 Å². The molecule has 0 amide bonds. The van der Waals surface area contributed by atoms with Crippen LogP contribution in [0.3, 0.4) is 0 Å². The van der Waals surface area contributed by atoms with Gasteiger partial charge in [0.1, 0.15) is 11.2 Å². The smallest absolute Gasteiger partial charge is 0.136 e. The highest BCUT2D eigenvalue weighted by atomic mass is 35.5. The van der Waals surface area contributed by atoms with E-state index in [9.17, 15) is 0 Å². The van der Waals surface area contributed by atoms with Crippen LogP contribution in [0.1, 0.15) is 0 Å². The number of rotatable bonds is 2. The van der Waals surface area contributed by atoms with Gasteiger partial charge in [0.2, 0.25) is 0 Å². The average Bonchev–Trinajstić information content (AvgIpc) is 3.26. The molecule has 1 aromatic heterocycles. The quantitative estimate of drug-likeness (QED) is 0.237. The van der Waals surface area contributed by atoms with Gasteiger partial charge in [0.25, 0.3) is 0 Å². The van der Waals surface area contributed by atoms with Crippen LogP contribution in [0, 0.1) is 0 Å². The maximum atomic E-state index is 6.41. The van der Waals surface area contributed by atoms with E-state index in [4.69, 9.17) is 16.0 Å². The van der Waals surface area contributed by atoms with Crippen LogP contribution in [0.15, 0.2) is 120 Å². The van der Waals surface area contributed by atoms with Crippen molar-refractivity contribution < 1.29 is 4.42 Å². The fourth-order valence-electron chi connectivity index (χ4n) is 5.34. The summed E-state index contributed by atoms with van der Waals surface area (Å²) in [6.45, 7) is 0. The van der Waals surface area contributed by atoms with Gasteiger partial charge in [-0.1, -0.05) is 103 Å². The second-order valence-electron chi connectivity index (χ2n) is 8.63. The van der Waals surface area contributed by atoms with Gasteiger partial charge in [-0.25, -0.2) is 0 Å². The van der Waals surface area contributed by atoms with Crippen molar-refractivity contribution in [2.75, 3.05) is 0 Å². The average molecular weight is 455 g/mol. The zero-order chi connectivity index (χ0) is 22.6. The highest BCUT2D eigenvalue weighted by Crippen LogP contribution is 2.46. The third kappa shape index (κ3) is 2.81. The summed E-state index contributed by atoms with van der Waals surface area (Å²) in [5.41, 5.74) is 6.59. The summed E-state index contributed by atoms with van der Waals surface area (Å²) in [5.74, 6) is 0. The van der Waals surface area contributed by atoms with Crippen LogP contribution in [-0.4, -0.2) is 0 Å². The van der Waals surface area contributed by atoms with E-state index in [1.807, 2.05) is 24.3 Å². The predicted octanol–water partition coefficient (Wildman–Crippen LogP) is 9.88. The standard InChI is InChI=1S/C32H19ClO/c33-21-17-18-28-27(19-21)32-26(15-8-16-29(32)34-28)31-24-13-6-4-11-22(24)30(20-9-2-1-3-10-20)23-12-5-7-14-25(23)31/h1-19H. The predicted molar refractivity (Wildman–Crippen MR) is 145 cm³/mol. The number of halogens is 1. The molecule has 0 aliphatic heterocycles. The third-order valence-electron chi connectivity index (χ3n) is 6.72. The summed E-state index contributed by atoms with van der Waals surface area (Å²) >= 11 is 6.41. The normalized spacial score (nSPS) is 11.7. The number of hydrogen-bond acceptors (Lipinski definition) is 1. The van der Waals surface area contributed by atoms with Crippen molar-refractivity contribution in [3.05, 3.63) is 120 Å². The van der Waals surface area contributed by atoms with E-state index < -0.39 is 0 Å². The van der Waals surface area contributed by atoms with Crippen LogP contribution in [-0.2, 0) is 0 Å². The molecule has 0 fully saturated rings. The second-order valence-corrected chi connectivity index (χ2v) is 9.06. The van der Waals surface area contributed by atoms with Crippen molar-refractivity contribution in [3.8, 4) is 22.3 Å². The molecule has 7 rings (SSSR count). The summed E-state index contributed by atoms with van der Waals surface area (Å²) in [6.07, 6.45) is 0. The highest BCUT2D eigenvalue weighted by Gasteiger charge is 2.19. The van der Waals surface area contributed by atoms with Crippen LogP contribution in [0.4, 0.5) is 0 Å². The van der Waals surface area contributed by atoms with Crippen molar-refractivity contribution >= 4 is 55.1 Å². The highest BCUT2D eigenvalue weighted by molar-refractivity contribution is 6.32. The first kappa shape index (κ1) is 19.4. The Hall–Kier alpha value is -4.07. The Morgan fingerprint density at radius 3 is 1.76 bits per heavy atom. The Bertz CT molecular complexity index is 1800. The lowest BCUT2D eigenvalue weighted by Gasteiger charge is -2.18. The molecule has 0 bridgehead atoms. The van der Waals surface area contributed by atoms with Gasteiger partial charge >= 0.3 is 0 Å². The first-order valence-corrected chi connectivity index (χ1v) is 11.8. The maximum absolute atomic E-state index is 6.41. The molecular weight excluding hydrogens is 436 g/mol. The Morgan fingerprint density at radius 2 is 1.09 bits per heavy atom. The van der Waals surface area contributed by atoms with Gasteiger partial charge in [0.05, 0.1) is 0 Å². The lowest BCUT2D eigenvalue weighted by atomic mass is 9.85. The molecule has 0 saturated carbocycles. The molecule has 160 valence electrons. The first-order chi connectivity index (χ1) is 16.8. The molecule has 1 nitrogen and oxygen atoms in total. The van der Waals surface area contributed by atoms with Crippen LogP contribution < -0.4 is 0 Å². The summed E-state index contributed by atoms with van der Waals surface area (Å²) in [4.78, 5) is 0. The van der Waals surface area contributed by atoms with Crippen molar-refractivity contribution in [2.24, 2.45) is 0 Å². The number of hydrogen-bond donors (Lipinski definition) is 0. The Labute approximate surface area is 201 Å². The Morgan fingerprint density at radius 1 is 0.471 bits per heavy atom. The lowest BCUT2D eigenvalue weighted by molar-refractivity contribution is 0.669. The maximum Gasteiger partial charge on any atom is 0.136 e. The van der Waals surface area contributed by atoms with Crippen LogP contribution in [0.5, 0.6) is 0 Å². The van der Waals surface area contributed by atoms with E-state index in [0.717, 1.165) is 27.5 Å². The molecule has 2 heteroatoms. The lowest BCUT2D eigenvalue weighted by Crippen LogP contribution is -1.91. The van der Waals surface area contributed by atoms with Crippen LogP contribution in [0.25, 0.3) is 65.7 Å². The monoisotopic (exact) mass is 454 g/mol. The van der Waals surface area contributed by atoms with Crippen LogP contribution >= 0.6 is 11.6 Å². The fraction of sp³-hybridized carbons (Fsp3) is 0. The van der Waals surface area contributed by atoms with Gasteiger partial charge in [0.15, 0.2) is 0 Å². The topological polar surface area (TPSA) is 13.1 Å². The van der Waals surface area contributed by atoms with E-state index in [2.05, 4.69) is 91.0 Å². The third-order valence-corrected chi connectivity index (χ3v) is 6.96. The molecule has 0 N–H and O–H groups in total. The number of benzene rings is 6. The first-order valence-electron chi connectivity index (χ1n) is 11.4. The molecule has 34 heavy (non-hydrogen) atoms. The van der Waals surface area contributed by atoms with Crippen molar-refractivity contribution in [1.29, 1.82) is 0 Å². The molecular formula is C32H19ClO. The molecule has 0 aliphatic rings. The van der Waals surface area contributed by atoms with Gasteiger partial charge in [0, 0.05) is 15.8 Å². The molecule has 0 radical (unpaired) electrons. The minimum Gasteiger partial charge on any atom is -0.456 e. The zero-order valence-corrected chi connectivity index (χ0v) is 19.0. The molecule has 0 spiro atoms. The summed E-state index contributed by atoms with van der Waals surface area (Å²) < 4.78 is 6.23. The molecule has 0 atom stereocenters. The molecule has 0 saturated heterocycles. The molecule has 7 aromatic rings. The zero-order valence-electron chi connectivity index (χ0n) is 18.3. The van der Waals surface area contributed by atoms with Crippen molar-refractivity contribution in [3.63, 3.8) is 0 Å². The van der Waals surface area contributed by atoms with E-state index >= 15 is 0 Å². The SMILES string of the molecule is Clc1ccc2oc3cccc(-c4c5ccccc5c(-c5ccccc5)c5ccccc45)c3c2c1. The van der Waals surface area contributed by atoms with Crippen LogP contribution in [0.2, 0.25) is 5.02 Å². The van der Waals surface area contributed by atoms with Gasteiger partial charge in [-0.2, -0.15) is 0 Å². The van der Waals surface area contributed by atoms with Gasteiger partial charge in [-0.15, -0.1) is 0 Å². The van der Waals surface area contributed by atoms with E-state index in [0.29, 0.717) is 5.02 Å². The van der Waals surface area contributed by atoms with E-state index in [1.54, 1.807) is 0 Å². The van der Waals surface area contributed by atoms with E-state index in [-0.39, 0.29) is 0 Å².